The third kappa shape index (κ3) is 3.33. The van der Waals surface area contributed by atoms with Crippen molar-refractivity contribution in [2.75, 3.05) is 11.5 Å². The molecule has 2 atom stereocenters. The fourth-order valence-corrected chi connectivity index (χ4v) is 4.02. The molecular formula is C14H21NO2S. The molecule has 2 rings (SSSR count). The van der Waals surface area contributed by atoms with Crippen molar-refractivity contribution in [2.45, 2.75) is 38.8 Å². The van der Waals surface area contributed by atoms with E-state index in [2.05, 4.69) is 24.4 Å². The minimum absolute atomic E-state index is 0.0709. The Labute approximate surface area is 110 Å². The average Bonchev–Trinajstić information content (AvgIpc) is 2.48. The van der Waals surface area contributed by atoms with Crippen LogP contribution in [0.15, 0.2) is 24.3 Å². The summed E-state index contributed by atoms with van der Waals surface area (Å²) in [5.74, 6) is 0.507. The molecule has 0 bridgehead atoms. The van der Waals surface area contributed by atoms with Crippen molar-refractivity contribution in [3.05, 3.63) is 35.4 Å². The van der Waals surface area contributed by atoms with Crippen molar-refractivity contribution < 1.29 is 8.42 Å². The van der Waals surface area contributed by atoms with Gasteiger partial charge in [0.05, 0.1) is 11.5 Å². The Morgan fingerprint density at radius 1 is 1.28 bits per heavy atom. The molecule has 0 amide bonds. The molecule has 0 spiro atoms. The van der Waals surface area contributed by atoms with Crippen molar-refractivity contribution >= 4 is 9.84 Å². The fraction of sp³-hybridized carbons (Fsp3) is 0.571. The predicted octanol–water partition coefficient (Wildman–Crippen LogP) is 2.09. The second kappa shape index (κ2) is 5.41. The highest BCUT2D eigenvalue weighted by Crippen LogP contribution is 2.21. The first-order valence-electron chi connectivity index (χ1n) is 6.55. The molecule has 1 aromatic carbocycles. The molecular weight excluding hydrogens is 246 g/mol. The summed E-state index contributed by atoms with van der Waals surface area (Å²) in [6.07, 6.45) is 1.71. The molecule has 0 saturated carbocycles. The molecule has 4 heteroatoms. The number of hydrogen-bond acceptors (Lipinski definition) is 3. The number of rotatable bonds is 2. The lowest BCUT2D eigenvalue weighted by Gasteiger charge is -2.19. The van der Waals surface area contributed by atoms with Gasteiger partial charge in [-0.2, -0.15) is 0 Å². The van der Waals surface area contributed by atoms with Crippen molar-refractivity contribution in [3.63, 3.8) is 0 Å². The Balaban J connectivity index is 2.23. The van der Waals surface area contributed by atoms with Crippen LogP contribution in [0.3, 0.4) is 0 Å². The second-order valence-corrected chi connectivity index (χ2v) is 7.35. The fourth-order valence-electron chi connectivity index (χ4n) is 2.35. The molecule has 1 fully saturated rings. The Morgan fingerprint density at radius 2 is 1.94 bits per heavy atom. The summed E-state index contributed by atoms with van der Waals surface area (Å²) in [5, 5.41) is 3.41. The number of benzene rings is 1. The molecule has 0 aromatic heterocycles. The van der Waals surface area contributed by atoms with Crippen molar-refractivity contribution in [3.8, 4) is 0 Å². The Kier molecular flexibility index (Phi) is 4.07. The summed E-state index contributed by atoms with van der Waals surface area (Å²) < 4.78 is 23.8. The SMILES string of the molecule is CCc1ccc(C2CS(=O)(=O)CCC(C)N2)cc1. The van der Waals surface area contributed by atoms with Crippen molar-refractivity contribution in [2.24, 2.45) is 0 Å². The molecule has 1 N–H and O–H groups in total. The molecule has 1 aromatic rings. The molecule has 1 aliphatic rings. The van der Waals surface area contributed by atoms with Crippen LogP contribution in [0.2, 0.25) is 0 Å². The molecule has 1 aliphatic heterocycles. The van der Waals surface area contributed by atoms with Crippen molar-refractivity contribution in [1.29, 1.82) is 0 Å². The Hall–Kier alpha value is -0.870. The molecule has 0 radical (unpaired) electrons. The molecule has 1 saturated heterocycles. The minimum Gasteiger partial charge on any atom is -0.307 e. The van der Waals surface area contributed by atoms with E-state index in [9.17, 15) is 8.42 Å². The summed E-state index contributed by atoms with van der Waals surface area (Å²) in [6, 6.07) is 8.43. The zero-order valence-corrected chi connectivity index (χ0v) is 11.8. The van der Waals surface area contributed by atoms with Crippen LogP contribution in [0, 0.1) is 0 Å². The number of aryl methyl sites for hydroxylation is 1. The van der Waals surface area contributed by atoms with Gasteiger partial charge in [0.1, 0.15) is 0 Å². The zero-order chi connectivity index (χ0) is 13.2. The summed E-state index contributed by atoms with van der Waals surface area (Å²) in [7, 11) is -2.93. The van der Waals surface area contributed by atoms with E-state index < -0.39 is 9.84 Å². The topological polar surface area (TPSA) is 46.2 Å². The first-order chi connectivity index (χ1) is 8.50. The first kappa shape index (κ1) is 13.6. The number of hydrogen-bond donors (Lipinski definition) is 1. The smallest absolute Gasteiger partial charge is 0.152 e. The molecule has 18 heavy (non-hydrogen) atoms. The summed E-state index contributed by atoms with van der Waals surface area (Å²) in [4.78, 5) is 0. The second-order valence-electron chi connectivity index (χ2n) is 5.12. The lowest BCUT2D eigenvalue weighted by Crippen LogP contribution is -2.30. The van der Waals surface area contributed by atoms with Crippen LogP contribution in [-0.2, 0) is 16.3 Å². The lowest BCUT2D eigenvalue weighted by molar-refractivity contribution is 0.484. The Bertz CT molecular complexity index is 493. The summed E-state index contributed by atoms with van der Waals surface area (Å²) >= 11 is 0. The summed E-state index contributed by atoms with van der Waals surface area (Å²) in [5.41, 5.74) is 2.35. The molecule has 0 aliphatic carbocycles. The van der Waals surface area contributed by atoms with Crippen LogP contribution < -0.4 is 5.32 Å². The average molecular weight is 267 g/mol. The van der Waals surface area contributed by atoms with Crippen LogP contribution in [-0.4, -0.2) is 26.0 Å². The van der Waals surface area contributed by atoms with Crippen LogP contribution in [0.1, 0.15) is 37.4 Å². The number of sulfone groups is 1. The van der Waals surface area contributed by atoms with Gasteiger partial charge < -0.3 is 5.32 Å². The van der Waals surface area contributed by atoms with Crippen molar-refractivity contribution in [1.82, 2.24) is 5.32 Å². The largest absolute Gasteiger partial charge is 0.307 e. The van der Waals surface area contributed by atoms with E-state index in [4.69, 9.17) is 0 Å². The van der Waals surface area contributed by atoms with E-state index in [1.54, 1.807) is 0 Å². The molecule has 1 heterocycles. The van der Waals surface area contributed by atoms with E-state index >= 15 is 0 Å². The van der Waals surface area contributed by atoms with Gasteiger partial charge in [-0.25, -0.2) is 8.42 Å². The molecule has 3 nitrogen and oxygen atoms in total. The third-order valence-electron chi connectivity index (χ3n) is 3.56. The van der Waals surface area contributed by atoms with Gasteiger partial charge in [-0.15, -0.1) is 0 Å². The van der Waals surface area contributed by atoms with E-state index in [0.717, 1.165) is 12.0 Å². The highest BCUT2D eigenvalue weighted by atomic mass is 32.2. The quantitative estimate of drug-likeness (QED) is 0.892. The maximum atomic E-state index is 11.9. The standard InChI is InChI=1S/C14H21NO2S/c1-3-12-4-6-13(7-5-12)14-10-18(16,17)9-8-11(2)15-14/h4-7,11,14-15H,3,8-10H2,1-2H3. The van der Waals surface area contributed by atoms with Gasteiger partial charge >= 0.3 is 0 Å². The summed E-state index contributed by atoms with van der Waals surface area (Å²) in [6.45, 7) is 4.17. The van der Waals surface area contributed by atoms with Gasteiger partial charge in [0.15, 0.2) is 9.84 Å². The van der Waals surface area contributed by atoms with E-state index in [-0.39, 0.29) is 17.8 Å². The Morgan fingerprint density at radius 3 is 2.56 bits per heavy atom. The van der Waals surface area contributed by atoms with Crippen LogP contribution in [0.4, 0.5) is 0 Å². The van der Waals surface area contributed by atoms with E-state index in [1.165, 1.54) is 5.56 Å². The highest BCUT2D eigenvalue weighted by Gasteiger charge is 2.26. The van der Waals surface area contributed by atoms with E-state index in [1.807, 2.05) is 19.1 Å². The lowest BCUT2D eigenvalue weighted by atomic mass is 10.0. The highest BCUT2D eigenvalue weighted by molar-refractivity contribution is 7.91. The van der Waals surface area contributed by atoms with Gasteiger partial charge in [-0.05, 0) is 30.9 Å². The molecule has 2 unspecified atom stereocenters. The first-order valence-corrected chi connectivity index (χ1v) is 8.37. The van der Waals surface area contributed by atoms with E-state index in [0.29, 0.717) is 12.2 Å². The van der Waals surface area contributed by atoms with Crippen LogP contribution in [0.25, 0.3) is 0 Å². The van der Waals surface area contributed by atoms with Gasteiger partial charge in [-0.3, -0.25) is 0 Å². The van der Waals surface area contributed by atoms with Gasteiger partial charge in [0, 0.05) is 12.1 Å². The maximum Gasteiger partial charge on any atom is 0.152 e. The maximum absolute atomic E-state index is 11.9. The predicted molar refractivity (Wildman–Crippen MR) is 74.4 cm³/mol. The van der Waals surface area contributed by atoms with Crippen LogP contribution in [0.5, 0.6) is 0 Å². The zero-order valence-electron chi connectivity index (χ0n) is 11.0. The third-order valence-corrected chi connectivity index (χ3v) is 5.26. The van der Waals surface area contributed by atoms with Gasteiger partial charge in [0.25, 0.3) is 0 Å². The normalized spacial score (nSPS) is 27.7. The molecule has 100 valence electrons. The van der Waals surface area contributed by atoms with Gasteiger partial charge in [-0.1, -0.05) is 31.2 Å². The monoisotopic (exact) mass is 267 g/mol. The number of nitrogens with one attached hydrogen (secondary N) is 1. The van der Waals surface area contributed by atoms with Crippen LogP contribution >= 0.6 is 0 Å². The van der Waals surface area contributed by atoms with Gasteiger partial charge in [0.2, 0.25) is 0 Å². The minimum atomic E-state index is -2.93.